The molecule has 1 saturated carbocycles. The van der Waals surface area contributed by atoms with Gasteiger partial charge in [0.05, 0.1) is 17.2 Å². The van der Waals surface area contributed by atoms with E-state index in [1.165, 1.54) is 21.1 Å². The Morgan fingerprint density at radius 1 is 1.12 bits per heavy atom. The fourth-order valence-electron chi connectivity index (χ4n) is 7.04. The maximum atomic E-state index is 15.0. The molecule has 2 bridgehead atoms. The van der Waals surface area contributed by atoms with Crippen molar-refractivity contribution in [2.45, 2.75) is 83.2 Å². The van der Waals surface area contributed by atoms with Gasteiger partial charge in [0.1, 0.15) is 16.5 Å². The number of piperidine rings is 2. The highest BCUT2D eigenvalue weighted by Crippen LogP contribution is 2.52. The van der Waals surface area contributed by atoms with Crippen molar-refractivity contribution < 1.29 is 36.3 Å². The van der Waals surface area contributed by atoms with E-state index in [0.717, 1.165) is 11.1 Å². The summed E-state index contributed by atoms with van der Waals surface area (Å²) in [7, 11) is 0. The molecule has 0 radical (unpaired) electrons. The number of ether oxygens (including phenoxy) is 1. The molecule has 13 heteroatoms. The van der Waals surface area contributed by atoms with E-state index in [4.69, 9.17) is 4.74 Å². The Labute approximate surface area is 238 Å². The lowest BCUT2D eigenvalue weighted by molar-refractivity contribution is -0.195. The molecular formula is C28H33F5N4O3S. The number of carbonyl (C=O) groups excluding carboxylic acids is 2. The Hall–Kier alpha value is -2.70. The van der Waals surface area contributed by atoms with Gasteiger partial charge in [-0.3, -0.25) is 9.69 Å². The summed E-state index contributed by atoms with van der Waals surface area (Å²) in [6.07, 6.45) is -3.75. The molecule has 2 aromatic rings. The van der Waals surface area contributed by atoms with E-state index in [9.17, 15) is 31.5 Å². The van der Waals surface area contributed by atoms with Gasteiger partial charge in [0.15, 0.2) is 0 Å². The van der Waals surface area contributed by atoms with E-state index in [2.05, 4.69) is 4.98 Å². The summed E-state index contributed by atoms with van der Waals surface area (Å²) in [5, 5.41) is 0.470. The standard InChI is InChI=1S/C28H33F5N4O3S/c1-5-16-8-17-20(19(28(31,32)33)10-34-22(17)41-16)35-11-26(12-35)13-36(14-26)23(38)21-18-7-6-15(9-27(18,29)30)37(21)24(39)40-25(2,3)4/h8,10,15,18,21H,5-7,9,11-14H2,1-4H3/t15-,18-,21-/m0/s1. The highest BCUT2D eigenvalue weighted by atomic mass is 32.1. The van der Waals surface area contributed by atoms with Gasteiger partial charge < -0.3 is 14.5 Å². The molecule has 4 saturated heterocycles. The zero-order chi connectivity index (χ0) is 29.7. The summed E-state index contributed by atoms with van der Waals surface area (Å²) < 4.78 is 77.4. The Morgan fingerprint density at radius 3 is 2.39 bits per heavy atom. The second-order valence-electron chi connectivity index (χ2n) is 13.0. The number of pyridine rings is 1. The van der Waals surface area contributed by atoms with Crippen LogP contribution in [0.15, 0.2) is 12.3 Å². The van der Waals surface area contributed by atoms with Crippen LogP contribution in [0.2, 0.25) is 0 Å². The number of thiophene rings is 1. The zero-order valence-electron chi connectivity index (χ0n) is 23.4. The van der Waals surface area contributed by atoms with Crippen molar-refractivity contribution in [2.24, 2.45) is 11.3 Å². The van der Waals surface area contributed by atoms with Crippen LogP contribution in [0.5, 0.6) is 0 Å². The van der Waals surface area contributed by atoms with E-state index in [1.807, 2.05) is 6.92 Å². The molecule has 1 spiro atoms. The van der Waals surface area contributed by atoms with Gasteiger partial charge in [-0.15, -0.1) is 11.3 Å². The number of aromatic nitrogens is 1. The summed E-state index contributed by atoms with van der Waals surface area (Å²) in [5.74, 6) is -4.91. The van der Waals surface area contributed by atoms with E-state index in [1.54, 1.807) is 31.7 Å². The number of aryl methyl sites for hydroxylation is 1. The lowest BCUT2D eigenvalue weighted by Gasteiger charge is -2.62. The molecule has 7 rings (SSSR count). The number of hydrogen-bond acceptors (Lipinski definition) is 6. The smallest absolute Gasteiger partial charge is 0.419 e. The van der Waals surface area contributed by atoms with Crippen molar-refractivity contribution in [3.63, 3.8) is 0 Å². The van der Waals surface area contributed by atoms with Crippen LogP contribution in [0.3, 0.4) is 0 Å². The SMILES string of the molecule is CCc1cc2c(N3CC4(CN(C(=O)[C@@H]5[C@@H]6CC[C@@H](CC6(F)F)N5C(=O)OC(C)(C)C)C4)C3)c(C(F)(F)F)cnc2s1. The maximum absolute atomic E-state index is 15.0. The number of amides is 2. The summed E-state index contributed by atoms with van der Waals surface area (Å²) in [6.45, 7) is 8.07. The fraction of sp³-hybridized carbons (Fsp3) is 0.679. The van der Waals surface area contributed by atoms with Gasteiger partial charge >= 0.3 is 12.3 Å². The second-order valence-corrected chi connectivity index (χ2v) is 14.1. The van der Waals surface area contributed by atoms with Crippen LogP contribution in [0.1, 0.15) is 57.4 Å². The van der Waals surface area contributed by atoms with E-state index < -0.39 is 65.1 Å². The first-order chi connectivity index (χ1) is 19.0. The quantitative estimate of drug-likeness (QED) is 0.408. The van der Waals surface area contributed by atoms with Crippen molar-refractivity contribution in [3.8, 4) is 0 Å². The largest absolute Gasteiger partial charge is 0.444 e. The van der Waals surface area contributed by atoms with E-state index >= 15 is 0 Å². The van der Waals surface area contributed by atoms with Crippen LogP contribution in [-0.2, 0) is 22.1 Å². The Balaban J connectivity index is 1.20. The predicted molar refractivity (Wildman–Crippen MR) is 143 cm³/mol. The number of anilines is 1. The van der Waals surface area contributed by atoms with Gasteiger partial charge in [-0.25, -0.2) is 18.6 Å². The molecule has 0 aromatic carbocycles. The molecule has 6 heterocycles. The second kappa shape index (κ2) is 9.15. The number of rotatable bonds is 3. The molecule has 7 nitrogen and oxygen atoms in total. The number of hydrogen-bond donors (Lipinski definition) is 0. The first kappa shape index (κ1) is 28.4. The minimum Gasteiger partial charge on any atom is -0.444 e. The minimum absolute atomic E-state index is 0.106. The summed E-state index contributed by atoms with van der Waals surface area (Å²) >= 11 is 1.37. The normalized spacial score (nSPS) is 26.8. The van der Waals surface area contributed by atoms with Crippen molar-refractivity contribution in [3.05, 3.63) is 22.7 Å². The van der Waals surface area contributed by atoms with Gasteiger partial charge in [0.2, 0.25) is 5.91 Å². The Bertz CT molecular complexity index is 1390. The van der Waals surface area contributed by atoms with E-state index in [0.29, 0.717) is 36.1 Å². The first-order valence-corrected chi connectivity index (χ1v) is 14.7. The molecule has 5 aliphatic rings. The zero-order valence-corrected chi connectivity index (χ0v) is 24.2. The molecule has 41 heavy (non-hydrogen) atoms. The molecule has 3 atom stereocenters. The molecule has 2 amide bonds. The molecule has 0 unspecified atom stereocenters. The van der Waals surface area contributed by atoms with Crippen LogP contribution in [-0.4, -0.2) is 76.6 Å². The van der Waals surface area contributed by atoms with Gasteiger partial charge in [-0.1, -0.05) is 6.92 Å². The molecule has 5 fully saturated rings. The topological polar surface area (TPSA) is 66.0 Å². The van der Waals surface area contributed by atoms with Crippen LogP contribution in [0.4, 0.5) is 32.4 Å². The van der Waals surface area contributed by atoms with Crippen LogP contribution in [0.25, 0.3) is 10.2 Å². The van der Waals surface area contributed by atoms with Crippen LogP contribution < -0.4 is 4.90 Å². The van der Waals surface area contributed by atoms with Crippen molar-refractivity contribution in [2.75, 3.05) is 31.1 Å². The van der Waals surface area contributed by atoms with Crippen LogP contribution >= 0.6 is 11.3 Å². The number of carbonyl (C=O) groups is 2. The van der Waals surface area contributed by atoms with Gasteiger partial charge in [-0.05, 0) is 46.1 Å². The number of likely N-dealkylation sites (tertiary alicyclic amines) is 1. The molecular weight excluding hydrogens is 567 g/mol. The monoisotopic (exact) mass is 600 g/mol. The lowest BCUT2D eigenvalue weighted by Crippen LogP contribution is -2.76. The van der Waals surface area contributed by atoms with Crippen molar-refractivity contribution >= 4 is 39.2 Å². The summed E-state index contributed by atoms with van der Waals surface area (Å²) in [4.78, 5) is 36.7. The van der Waals surface area contributed by atoms with Crippen LogP contribution in [0, 0.1) is 11.3 Å². The third-order valence-corrected chi connectivity index (χ3v) is 9.95. The third-order valence-electron chi connectivity index (χ3n) is 8.76. The number of halogens is 5. The number of fused-ring (bicyclic) bond motifs is 4. The van der Waals surface area contributed by atoms with Crippen molar-refractivity contribution in [1.82, 2.24) is 14.8 Å². The van der Waals surface area contributed by atoms with Gasteiger partial charge in [-0.2, -0.15) is 13.2 Å². The molecule has 224 valence electrons. The highest BCUT2D eigenvalue weighted by Gasteiger charge is 2.64. The lowest BCUT2D eigenvalue weighted by atomic mass is 9.69. The molecule has 4 aliphatic heterocycles. The molecule has 2 aromatic heterocycles. The number of alkyl halides is 5. The van der Waals surface area contributed by atoms with E-state index in [-0.39, 0.29) is 25.2 Å². The molecule has 1 aliphatic carbocycles. The van der Waals surface area contributed by atoms with Gasteiger partial charge in [0, 0.05) is 60.5 Å². The average molecular weight is 601 g/mol. The Morgan fingerprint density at radius 2 is 1.80 bits per heavy atom. The fourth-order valence-corrected chi connectivity index (χ4v) is 7.98. The van der Waals surface area contributed by atoms with Crippen molar-refractivity contribution in [1.29, 1.82) is 0 Å². The van der Waals surface area contributed by atoms with Gasteiger partial charge in [0.25, 0.3) is 5.92 Å². The molecule has 0 N–H and O–H groups in total. The third kappa shape index (κ3) is 4.71. The predicted octanol–water partition coefficient (Wildman–Crippen LogP) is 5.95. The maximum Gasteiger partial charge on any atom is 0.419 e. The Kier molecular flexibility index (Phi) is 6.34. The minimum atomic E-state index is -4.58. The number of nitrogens with zero attached hydrogens (tertiary/aromatic N) is 4. The summed E-state index contributed by atoms with van der Waals surface area (Å²) in [5.41, 5.74) is -1.96. The average Bonchev–Trinajstić information content (AvgIpc) is 3.23. The highest BCUT2D eigenvalue weighted by molar-refractivity contribution is 7.18. The summed E-state index contributed by atoms with van der Waals surface area (Å²) in [6, 6.07) is -0.347. The first-order valence-electron chi connectivity index (χ1n) is 13.9.